The van der Waals surface area contributed by atoms with Crippen molar-refractivity contribution in [1.29, 1.82) is 0 Å². The second kappa shape index (κ2) is 4.60. The molecule has 2 N–H and O–H groups in total. The number of amides is 1. The van der Waals surface area contributed by atoms with E-state index in [1.807, 2.05) is 0 Å². The highest BCUT2D eigenvalue weighted by Crippen LogP contribution is 2.56. The van der Waals surface area contributed by atoms with Crippen LogP contribution in [0.15, 0.2) is 0 Å². The fraction of sp³-hybridized carbons (Fsp3) is 0.929. The SMILES string of the molecule is NCCCN(C(=O)C1C2CCCCC21)C1CC1. The van der Waals surface area contributed by atoms with Gasteiger partial charge in [0.25, 0.3) is 0 Å². The van der Waals surface area contributed by atoms with Crippen LogP contribution in [0.1, 0.15) is 44.9 Å². The normalized spacial score (nSPS) is 35.2. The zero-order chi connectivity index (χ0) is 11.8. The number of fused-ring (bicyclic) bond motifs is 1. The quantitative estimate of drug-likeness (QED) is 0.790. The summed E-state index contributed by atoms with van der Waals surface area (Å²) in [5.41, 5.74) is 5.57. The first-order valence-corrected chi connectivity index (χ1v) is 7.33. The Hall–Kier alpha value is -0.570. The van der Waals surface area contributed by atoms with E-state index in [4.69, 9.17) is 5.73 Å². The molecule has 0 aromatic heterocycles. The third-order valence-corrected chi connectivity index (χ3v) is 4.82. The zero-order valence-corrected chi connectivity index (χ0v) is 10.6. The molecular formula is C14H24N2O. The highest BCUT2D eigenvalue weighted by Gasteiger charge is 2.56. The lowest BCUT2D eigenvalue weighted by Crippen LogP contribution is -2.36. The van der Waals surface area contributed by atoms with Gasteiger partial charge in [-0.2, -0.15) is 0 Å². The summed E-state index contributed by atoms with van der Waals surface area (Å²) < 4.78 is 0. The van der Waals surface area contributed by atoms with Gasteiger partial charge in [0.15, 0.2) is 0 Å². The van der Waals surface area contributed by atoms with Gasteiger partial charge < -0.3 is 10.6 Å². The van der Waals surface area contributed by atoms with Crippen LogP contribution in [0.2, 0.25) is 0 Å². The molecule has 3 aliphatic rings. The zero-order valence-electron chi connectivity index (χ0n) is 10.6. The maximum absolute atomic E-state index is 12.5. The smallest absolute Gasteiger partial charge is 0.226 e. The van der Waals surface area contributed by atoms with Crippen molar-refractivity contribution in [1.82, 2.24) is 4.90 Å². The predicted octanol–water partition coefficient (Wildman–Crippen LogP) is 1.76. The molecule has 2 unspecified atom stereocenters. The third-order valence-electron chi connectivity index (χ3n) is 4.82. The van der Waals surface area contributed by atoms with E-state index in [1.165, 1.54) is 38.5 Å². The van der Waals surface area contributed by atoms with Crippen molar-refractivity contribution in [2.45, 2.75) is 51.0 Å². The van der Waals surface area contributed by atoms with E-state index in [2.05, 4.69) is 4.90 Å². The lowest BCUT2D eigenvalue weighted by molar-refractivity contribution is -0.133. The Kier molecular flexibility index (Phi) is 3.12. The van der Waals surface area contributed by atoms with E-state index in [1.54, 1.807) is 0 Å². The predicted molar refractivity (Wildman–Crippen MR) is 67.3 cm³/mol. The maximum atomic E-state index is 12.5. The molecule has 3 heteroatoms. The van der Waals surface area contributed by atoms with Crippen LogP contribution >= 0.6 is 0 Å². The highest BCUT2D eigenvalue weighted by atomic mass is 16.2. The van der Waals surface area contributed by atoms with Gasteiger partial charge in [-0.05, 0) is 50.5 Å². The van der Waals surface area contributed by atoms with Crippen LogP contribution in [0.5, 0.6) is 0 Å². The summed E-state index contributed by atoms with van der Waals surface area (Å²) in [7, 11) is 0. The molecule has 0 spiro atoms. The molecule has 0 aliphatic heterocycles. The van der Waals surface area contributed by atoms with Crippen LogP contribution in [-0.4, -0.2) is 29.9 Å². The van der Waals surface area contributed by atoms with E-state index in [0.29, 0.717) is 24.4 Å². The van der Waals surface area contributed by atoms with Crippen LogP contribution in [-0.2, 0) is 4.79 Å². The summed E-state index contributed by atoms with van der Waals surface area (Å²) in [6.07, 6.45) is 8.70. The van der Waals surface area contributed by atoms with Crippen LogP contribution < -0.4 is 5.73 Å². The van der Waals surface area contributed by atoms with Crippen molar-refractivity contribution >= 4 is 5.91 Å². The van der Waals surface area contributed by atoms with Crippen molar-refractivity contribution in [2.24, 2.45) is 23.5 Å². The molecule has 17 heavy (non-hydrogen) atoms. The van der Waals surface area contributed by atoms with Gasteiger partial charge in [-0.15, -0.1) is 0 Å². The first-order chi connectivity index (χ1) is 8.33. The van der Waals surface area contributed by atoms with Gasteiger partial charge in [0.05, 0.1) is 0 Å². The van der Waals surface area contributed by atoms with Crippen LogP contribution in [0.25, 0.3) is 0 Å². The molecule has 0 heterocycles. The fourth-order valence-electron chi connectivity index (χ4n) is 3.67. The van der Waals surface area contributed by atoms with Gasteiger partial charge in [-0.1, -0.05) is 12.8 Å². The molecule has 0 aromatic carbocycles. The van der Waals surface area contributed by atoms with Gasteiger partial charge >= 0.3 is 0 Å². The van der Waals surface area contributed by atoms with Crippen LogP contribution in [0.4, 0.5) is 0 Å². The topological polar surface area (TPSA) is 46.3 Å². The molecule has 1 amide bonds. The average molecular weight is 236 g/mol. The summed E-state index contributed by atoms with van der Waals surface area (Å²) in [6.45, 7) is 1.60. The second-order valence-electron chi connectivity index (χ2n) is 6.04. The molecule has 2 atom stereocenters. The largest absolute Gasteiger partial charge is 0.339 e. The lowest BCUT2D eigenvalue weighted by Gasteiger charge is -2.22. The first-order valence-electron chi connectivity index (χ1n) is 7.33. The Bertz CT molecular complexity index is 289. The Balaban J connectivity index is 1.59. The Morgan fingerprint density at radius 3 is 2.29 bits per heavy atom. The van der Waals surface area contributed by atoms with E-state index in [0.717, 1.165) is 24.8 Å². The number of nitrogens with two attached hydrogens (primary N) is 1. The van der Waals surface area contributed by atoms with Gasteiger partial charge in [0, 0.05) is 18.5 Å². The number of rotatable bonds is 5. The standard InChI is InChI=1S/C14H24N2O/c15-8-3-9-16(10-6-7-10)14(17)13-11-4-1-2-5-12(11)13/h10-13H,1-9,15H2. The van der Waals surface area contributed by atoms with Crippen LogP contribution in [0.3, 0.4) is 0 Å². The Morgan fingerprint density at radius 2 is 1.76 bits per heavy atom. The van der Waals surface area contributed by atoms with Crippen molar-refractivity contribution in [3.63, 3.8) is 0 Å². The Labute approximate surface area is 104 Å². The second-order valence-corrected chi connectivity index (χ2v) is 6.04. The molecule has 3 nitrogen and oxygen atoms in total. The molecule has 3 rings (SSSR count). The van der Waals surface area contributed by atoms with Crippen molar-refractivity contribution in [3.8, 4) is 0 Å². The summed E-state index contributed by atoms with van der Waals surface area (Å²) in [4.78, 5) is 14.7. The van der Waals surface area contributed by atoms with Crippen molar-refractivity contribution in [2.75, 3.05) is 13.1 Å². The molecular weight excluding hydrogens is 212 g/mol. The monoisotopic (exact) mass is 236 g/mol. The summed E-state index contributed by atoms with van der Waals surface area (Å²) in [5.74, 6) is 2.36. The molecule has 96 valence electrons. The van der Waals surface area contributed by atoms with E-state index in [9.17, 15) is 4.79 Å². The Morgan fingerprint density at radius 1 is 1.12 bits per heavy atom. The lowest BCUT2D eigenvalue weighted by atomic mass is 10.0. The highest BCUT2D eigenvalue weighted by molar-refractivity contribution is 5.83. The fourth-order valence-corrected chi connectivity index (χ4v) is 3.67. The summed E-state index contributed by atoms with van der Waals surface area (Å²) in [5, 5.41) is 0. The van der Waals surface area contributed by atoms with Gasteiger partial charge in [-0.25, -0.2) is 0 Å². The van der Waals surface area contributed by atoms with Crippen molar-refractivity contribution in [3.05, 3.63) is 0 Å². The number of hydrogen-bond donors (Lipinski definition) is 1. The number of nitrogens with zero attached hydrogens (tertiary/aromatic N) is 1. The summed E-state index contributed by atoms with van der Waals surface area (Å²) >= 11 is 0. The average Bonchev–Trinajstić information content (AvgIpc) is 3.23. The van der Waals surface area contributed by atoms with Crippen LogP contribution in [0, 0.1) is 17.8 Å². The molecule has 0 saturated heterocycles. The number of hydrogen-bond acceptors (Lipinski definition) is 2. The van der Waals surface area contributed by atoms with Gasteiger partial charge in [0.1, 0.15) is 0 Å². The van der Waals surface area contributed by atoms with E-state index >= 15 is 0 Å². The number of carbonyl (C=O) groups is 1. The van der Waals surface area contributed by atoms with Gasteiger partial charge in [0.2, 0.25) is 5.91 Å². The molecule has 0 bridgehead atoms. The first kappa shape index (κ1) is 11.5. The maximum Gasteiger partial charge on any atom is 0.226 e. The molecule has 0 radical (unpaired) electrons. The van der Waals surface area contributed by atoms with E-state index < -0.39 is 0 Å². The van der Waals surface area contributed by atoms with Crippen molar-refractivity contribution < 1.29 is 4.79 Å². The molecule has 3 saturated carbocycles. The number of carbonyl (C=O) groups excluding carboxylic acids is 1. The minimum Gasteiger partial charge on any atom is -0.339 e. The minimum atomic E-state index is 0.399. The molecule has 3 fully saturated rings. The summed E-state index contributed by atoms with van der Waals surface area (Å²) in [6, 6.07) is 0.566. The van der Waals surface area contributed by atoms with Gasteiger partial charge in [-0.3, -0.25) is 4.79 Å². The third kappa shape index (κ3) is 2.22. The van der Waals surface area contributed by atoms with E-state index in [-0.39, 0.29) is 0 Å². The molecule has 3 aliphatic carbocycles. The minimum absolute atomic E-state index is 0.399. The molecule has 0 aromatic rings.